The average Bonchev–Trinajstić information content (AvgIpc) is 2.98. The molecular weight excluding hydrogens is 524 g/mol. The van der Waals surface area contributed by atoms with Gasteiger partial charge in [-0.1, -0.05) is 67.6 Å². The van der Waals surface area contributed by atoms with E-state index in [9.17, 15) is 14.4 Å². The summed E-state index contributed by atoms with van der Waals surface area (Å²) in [4.78, 5) is 46.2. The van der Waals surface area contributed by atoms with Crippen molar-refractivity contribution in [1.29, 1.82) is 0 Å². The van der Waals surface area contributed by atoms with Crippen molar-refractivity contribution < 1.29 is 28.6 Å². The normalized spacial score (nSPS) is 15.9. The van der Waals surface area contributed by atoms with Crippen molar-refractivity contribution >= 4 is 18.2 Å². The standard InChI is InChI=1S/C31H44N4O6/c1-3-15-32-16-20-34(30(37)40-25-27-11-7-5-8-12-27)22-18-33(24-29(36)39-4-2)19-23-35(21-17-32)31(38)41-26-28-13-9-6-10-14-28/h5-14H,3-4,15-26H2,1-2H3. The Morgan fingerprint density at radius 3 is 1.46 bits per heavy atom. The number of hydrogen-bond acceptors (Lipinski definition) is 8. The first-order valence-electron chi connectivity index (χ1n) is 14.5. The highest BCUT2D eigenvalue weighted by molar-refractivity contribution is 5.71. The number of carbonyl (C=O) groups excluding carboxylic acids is 3. The summed E-state index contributed by atoms with van der Waals surface area (Å²) in [6.07, 6.45) is 0.179. The number of ether oxygens (including phenoxy) is 3. The van der Waals surface area contributed by atoms with Crippen LogP contribution in [-0.2, 0) is 32.2 Å². The molecule has 1 aliphatic rings. The van der Waals surface area contributed by atoms with Gasteiger partial charge in [-0.3, -0.25) is 14.6 Å². The quantitative estimate of drug-likeness (QED) is 0.333. The minimum Gasteiger partial charge on any atom is -0.465 e. The molecule has 1 aliphatic heterocycles. The molecule has 10 nitrogen and oxygen atoms in total. The van der Waals surface area contributed by atoms with Crippen molar-refractivity contribution in [2.75, 3.05) is 72.1 Å². The first-order valence-corrected chi connectivity index (χ1v) is 14.5. The third kappa shape index (κ3) is 11.8. The molecule has 0 radical (unpaired) electrons. The molecule has 224 valence electrons. The Labute approximate surface area is 243 Å². The van der Waals surface area contributed by atoms with E-state index in [1.165, 1.54) is 0 Å². The number of rotatable bonds is 9. The Hall–Kier alpha value is -3.63. The van der Waals surface area contributed by atoms with Gasteiger partial charge in [0.05, 0.1) is 13.2 Å². The fourth-order valence-corrected chi connectivity index (χ4v) is 4.57. The summed E-state index contributed by atoms with van der Waals surface area (Å²) in [6.45, 7) is 9.31. The Morgan fingerprint density at radius 2 is 1.05 bits per heavy atom. The van der Waals surface area contributed by atoms with Crippen molar-refractivity contribution in [3.8, 4) is 0 Å². The van der Waals surface area contributed by atoms with Crippen LogP contribution >= 0.6 is 0 Å². The molecule has 0 N–H and O–H groups in total. The van der Waals surface area contributed by atoms with Gasteiger partial charge < -0.3 is 24.0 Å². The van der Waals surface area contributed by atoms with E-state index < -0.39 is 0 Å². The van der Waals surface area contributed by atoms with E-state index in [0.717, 1.165) is 24.1 Å². The van der Waals surface area contributed by atoms with Crippen LogP contribution < -0.4 is 0 Å². The number of benzene rings is 2. The van der Waals surface area contributed by atoms with E-state index in [2.05, 4.69) is 11.8 Å². The first-order chi connectivity index (χ1) is 20.0. The molecule has 0 aromatic heterocycles. The molecule has 0 saturated carbocycles. The number of carbonyl (C=O) groups is 3. The Bertz CT molecular complexity index is 984. The molecule has 2 amide bonds. The molecule has 0 unspecified atom stereocenters. The van der Waals surface area contributed by atoms with Crippen LogP contribution in [0.5, 0.6) is 0 Å². The number of hydrogen-bond donors (Lipinski definition) is 0. The minimum atomic E-state index is -0.385. The lowest BCUT2D eigenvalue weighted by atomic mass is 10.2. The van der Waals surface area contributed by atoms with Gasteiger partial charge in [-0.25, -0.2) is 9.59 Å². The third-order valence-corrected chi connectivity index (χ3v) is 6.87. The maximum Gasteiger partial charge on any atom is 0.410 e. The molecule has 41 heavy (non-hydrogen) atoms. The molecule has 2 aromatic carbocycles. The van der Waals surface area contributed by atoms with Crippen LogP contribution in [-0.4, -0.2) is 110 Å². The van der Waals surface area contributed by atoms with Crippen LogP contribution in [0.2, 0.25) is 0 Å². The van der Waals surface area contributed by atoms with Gasteiger partial charge in [0.1, 0.15) is 13.2 Å². The summed E-state index contributed by atoms with van der Waals surface area (Å²) in [5.74, 6) is -0.342. The SMILES string of the molecule is CCCN1CCN(C(=O)OCc2ccccc2)CCN(CC(=O)OCC)CCN(C(=O)OCc2ccccc2)CC1. The first kappa shape index (κ1) is 31.9. The zero-order chi connectivity index (χ0) is 29.3. The van der Waals surface area contributed by atoms with Crippen LogP contribution in [0.25, 0.3) is 0 Å². The maximum absolute atomic E-state index is 13.1. The van der Waals surface area contributed by atoms with Gasteiger partial charge in [-0.15, -0.1) is 0 Å². The van der Waals surface area contributed by atoms with Crippen LogP contribution in [0.1, 0.15) is 31.4 Å². The second-order valence-electron chi connectivity index (χ2n) is 9.98. The highest BCUT2D eigenvalue weighted by Gasteiger charge is 2.23. The Kier molecular flexibility index (Phi) is 13.9. The topological polar surface area (TPSA) is 91.9 Å². The molecule has 0 aliphatic carbocycles. The zero-order valence-corrected chi connectivity index (χ0v) is 24.4. The van der Waals surface area contributed by atoms with Gasteiger partial charge >= 0.3 is 18.2 Å². The van der Waals surface area contributed by atoms with Crippen molar-refractivity contribution in [1.82, 2.24) is 19.6 Å². The van der Waals surface area contributed by atoms with E-state index in [1.54, 1.807) is 16.7 Å². The molecule has 1 heterocycles. The molecule has 1 saturated heterocycles. The van der Waals surface area contributed by atoms with Crippen molar-refractivity contribution in [2.24, 2.45) is 0 Å². The highest BCUT2D eigenvalue weighted by atomic mass is 16.6. The predicted octanol–water partition coefficient (Wildman–Crippen LogP) is 3.85. The molecule has 0 atom stereocenters. The largest absolute Gasteiger partial charge is 0.465 e. The number of amides is 2. The van der Waals surface area contributed by atoms with E-state index >= 15 is 0 Å². The van der Waals surface area contributed by atoms with Gasteiger partial charge in [0.2, 0.25) is 0 Å². The molecule has 0 spiro atoms. The monoisotopic (exact) mass is 568 g/mol. The fourth-order valence-electron chi connectivity index (χ4n) is 4.57. The summed E-state index contributed by atoms with van der Waals surface area (Å²) in [5, 5.41) is 0. The molecule has 2 aromatic rings. The number of esters is 1. The van der Waals surface area contributed by atoms with Gasteiger partial charge in [-0.05, 0) is 31.0 Å². The van der Waals surface area contributed by atoms with Gasteiger partial charge in [0, 0.05) is 52.4 Å². The summed E-state index contributed by atoms with van der Waals surface area (Å²) >= 11 is 0. The van der Waals surface area contributed by atoms with E-state index in [4.69, 9.17) is 14.2 Å². The summed E-state index contributed by atoms with van der Waals surface area (Å²) < 4.78 is 16.5. The highest BCUT2D eigenvalue weighted by Crippen LogP contribution is 2.08. The van der Waals surface area contributed by atoms with Crippen molar-refractivity contribution in [3.05, 3.63) is 71.8 Å². The summed E-state index contributed by atoms with van der Waals surface area (Å²) in [6, 6.07) is 19.2. The molecule has 10 heteroatoms. The minimum absolute atomic E-state index is 0.0651. The summed E-state index contributed by atoms with van der Waals surface area (Å²) in [7, 11) is 0. The van der Waals surface area contributed by atoms with E-state index in [0.29, 0.717) is 52.4 Å². The second kappa shape index (κ2) is 17.9. The fraction of sp³-hybridized carbons (Fsp3) is 0.516. The van der Waals surface area contributed by atoms with Crippen molar-refractivity contribution in [3.63, 3.8) is 0 Å². The molecule has 3 rings (SSSR count). The number of nitrogens with zero attached hydrogens (tertiary/aromatic N) is 4. The van der Waals surface area contributed by atoms with Crippen LogP contribution in [0.3, 0.4) is 0 Å². The molecule has 0 bridgehead atoms. The molecule has 1 fully saturated rings. The van der Waals surface area contributed by atoms with Crippen molar-refractivity contribution in [2.45, 2.75) is 33.5 Å². The predicted molar refractivity (Wildman–Crippen MR) is 156 cm³/mol. The lowest BCUT2D eigenvalue weighted by Crippen LogP contribution is -2.49. The van der Waals surface area contributed by atoms with Gasteiger partial charge in [-0.2, -0.15) is 0 Å². The average molecular weight is 569 g/mol. The smallest absolute Gasteiger partial charge is 0.410 e. The van der Waals surface area contributed by atoms with Gasteiger partial charge in [0.15, 0.2) is 0 Å². The van der Waals surface area contributed by atoms with Crippen LogP contribution in [0.4, 0.5) is 9.59 Å². The summed E-state index contributed by atoms with van der Waals surface area (Å²) in [5.41, 5.74) is 1.84. The Balaban J connectivity index is 1.69. The lowest BCUT2D eigenvalue weighted by Gasteiger charge is -2.33. The second-order valence-corrected chi connectivity index (χ2v) is 9.98. The Morgan fingerprint density at radius 1 is 0.610 bits per heavy atom. The van der Waals surface area contributed by atoms with E-state index in [-0.39, 0.29) is 44.5 Å². The lowest BCUT2D eigenvalue weighted by molar-refractivity contribution is -0.144. The van der Waals surface area contributed by atoms with Gasteiger partial charge in [0.25, 0.3) is 0 Å². The third-order valence-electron chi connectivity index (χ3n) is 6.87. The van der Waals surface area contributed by atoms with Crippen LogP contribution in [0.15, 0.2) is 60.7 Å². The van der Waals surface area contributed by atoms with E-state index in [1.807, 2.05) is 65.6 Å². The maximum atomic E-state index is 13.1. The molecular formula is C31H44N4O6. The van der Waals surface area contributed by atoms with Crippen LogP contribution in [0, 0.1) is 0 Å². The zero-order valence-electron chi connectivity index (χ0n) is 24.4.